The molecule has 2 nitrogen and oxygen atoms in total. The van der Waals surface area contributed by atoms with Crippen molar-refractivity contribution < 1.29 is 0 Å². The van der Waals surface area contributed by atoms with Crippen LogP contribution in [0.5, 0.6) is 0 Å². The summed E-state index contributed by atoms with van der Waals surface area (Å²) in [6, 6.07) is 4.27. The van der Waals surface area contributed by atoms with Gasteiger partial charge >= 0.3 is 0 Å². The third-order valence-electron chi connectivity index (χ3n) is 1.93. The van der Waals surface area contributed by atoms with Crippen LogP contribution in [0.15, 0.2) is 12.1 Å². The summed E-state index contributed by atoms with van der Waals surface area (Å²) in [7, 11) is 0. The lowest BCUT2D eigenvalue weighted by molar-refractivity contribution is 1.41. The van der Waals surface area contributed by atoms with Crippen molar-refractivity contribution in [2.24, 2.45) is 0 Å². The molecule has 58 valence electrons. The normalized spacial score (nSPS) is 13.6. The molecule has 0 spiro atoms. The number of fused-ring (bicyclic) bond motifs is 1. The van der Waals surface area contributed by atoms with Crippen molar-refractivity contribution in [2.45, 2.75) is 13.8 Å². The van der Waals surface area contributed by atoms with Gasteiger partial charge in [-0.3, -0.25) is 0 Å². The fraction of sp³-hybridized carbons (Fsp3) is 0.250. The minimum Gasteiger partial charge on any atom is -0.310 e. The van der Waals surface area contributed by atoms with Crippen molar-refractivity contribution in [3.8, 4) is 0 Å². The summed E-state index contributed by atoms with van der Waals surface area (Å²) in [5.41, 5.74) is 5.05. The molecule has 3 heteroatoms. The SMILES string of the molecule is Cc1ccc(C)c2c1NSN2. The average Bonchev–Trinajstić information content (AvgIpc) is 2.45. The molecule has 0 radical (unpaired) electrons. The summed E-state index contributed by atoms with van der Waals surface area (Å²) >= 11 is 1.53. The van der Waals surface area contributed by atoms with Crippen LogP contribution in [0.3, 0.4) is 0 Å². The Morgan fingerprint density at radius 1 is 1.00 bits per heavy atom. The van der Waals surface area contributed by atoms with Gasteiger partial charge in [-0.05, 0) is 25.0 Å². The van der Waals surface area contributed by atoms with Crippen LogP contribution in [0, 0.1) is 13.8 Å². The molecule has 1 aromatic rings. The lowest BCUT2D eigenvalue weighted by Gasteiger charge is -2.03. The average molecular weight is 166 g/mol. The lowest BCUT2D eigenvalue weighted by atomic mass is 10.1. The molecule has 0 unspecified atom stereocenters. The Morgan fingerprint density at radius 3 is 1.91 bits per heavy atom. The van der Waals surface area contributed by atoms with Crippen molar-refractivity contribution >= 4 is 23.5 Å². The van der Waals surface area contributed by atoms with Gasteiger partial charge in [0.15, 0.2) is 0 Å². The Labute approximate surface area is 70.6 Å². The lowest BCUT2D eigenvalue weighted by Crippen LogP contribution is -1.84. The predicted octanol–water partition coefficient (Wildman–Crippen LogP) is 2.70. The second kappa shape index (κ2) is 2.34. The molecule has 2 N–H and O–H groups in total. The van der Waals surface area contributed by atoms with Crippen LogP contribution in [0.25, 0.3) is 0 Å². The quantitative estimate of drug-likeness (QED) is 0.579. The number of benzene rings is 1. The molecule has 0 fully saturated rings. The van der Waals surface area contributed by atoms with Crippen molar-refractivity contribution in [1.82, 2.24) is 0 Å². The van der Waals surface area contributed by atoms with E-state index in [0.29, 0.717) is 0 Å². The van der Waals surface area contributed by atoms with E-state index in [2.05, 4.69) is 35.4 Å². The first-order valence-electron chi connectivity index (χ1n) is 3.57. The van der Waals surface area contributed by atoms with Crippen LogP contribution in [-0.4, -0.2) is 0 Å². The number of nitrogens with one attached hydrogen (secondary N) is 2. The zero-order valence-corrected chi connectivity index (χ0v) is 7.38. The van der Waals surface area contributed by atoms with Crippen molar-refractivity contribution in [1.29, 1.82) is 0 Å². The topological polar surface area (TPSA) is 24.1 Å². The molecular weight excluding hydrogens is 156 g/mol. The van der Waals surface area contributed by atoms with Crippen LogP contribution in [0.2, 0.25) is 0 Å². The molecule has 0 saturated carbocycles. The third-order valence-corrected chi connectivity index (χ3v) is 2.54. The van der Waals surface area contributed by atoms with Crippen LogP contribution in [0.1, 0.15) is 11.1 Å². The maximum atomic E-state index is 3.21. The Bertz CT molecular complexity index is 267. The summed E-state index contributed by atoms with van der Waals surface area (Å²) < 4.78 is 6.43. The van der Waals surface area contributed by atoms with Crippen molar-refractivity contribution in [3.63, 3.8) is 0 Å². The summed E-state index contributed by atoms with van der Waals surface area (Å²) in [5, 5.41) is 0. The van der Waals surface area contributed by atoms with Crippen molar-refractivity contribution in [3.05, 3.63) is 23.3 Å². The van der Waals surface area contributed by atoms with Gasteiger partial charge in [0.25, 0.3) is 0 Å². The summed E-state index contributed by atoms with van der Waals surface area (Å²) in [5.74, 6) is 0. The van der Waals surface area contributed by atoms with Gasteiger partial charge in [-0.25, -0.2) is 0 Å². The highest BCUT2D eigenvalue weighted by molar-refractivity contribution is 8.02. The van der Waals surface area contributed by atoms with Crippen LogP contribution in [-0.2, 0) is 0 Å². The smallest absolute Gasteiger partial charge is 0.0729 e. The van der Waals surface area contributed by atoms with E-state index in [-0.39, 0.29) is 0 Å². The summed E-state index contributed by atoms with van der Waals surface area (Å²) in [6.07, 6.45) is 0. The van der Waals surface area contributed by atoms with Crippen LogP contribution in [0.4, 0.5) is 11.4 Å². The minimum atomic E-state index is 1.23. The molecular formula is C8H10N2S. The van der Waals surface area contributed by atoms with Gasteiger partial charge in [0.05, 0.1) is 23.5 Å². The maximum absolute atomic E-state index is 3.21. The first kappa shape index (κ1) is 6.85. The van der Waals surface area contributed by atoms with E-state index in [1.807, 2.05) is 0 Å². The Balaban J connectivity index is 2.64. The van der Waals surface area contributed by atoms with Crippen LogP contribution < -0.4 is 9.44 Å². The number of hydrogen-bond acceptors (Lipinski definition) is 3. The number of hydrogen-bond donors (Lipinski definition) is 2. The zero-order valence-electron chi connectivity index (χ0n) is 6.56. The van der Waals surface area contributed by atoms with Gasteiger partial charge in [-0.1, -0.05) is 12.1 Å². The molecule has 1 aliphatic heterocycles. The fourth-order valence-corrected chi connectivity index (χ4v) is 1.98. The summed E-state index contributed by atoms with van der Waals surface area (Å²) in [6.45, 7) is 4.22. The molecule has 11 heavy (non-hydrogen) atoms. The van der Waals surface area contributed by atoms with Gasteiger partial charge in [0.1, 0.15) is 0 Å². The van der Waals surface area contributed by atoms with Crippen molar-refractivity contribution in [2.75, 3.05) is 9.44 Å². The second-order valence-electron chi connectivity index (χ2n) is 2.76. The highest BCUT2D eigenvalue weighted by atomic mass is 32.2. The number of rotatable bonds is 0. The molecule has 0 saturated heterocycles. The van der Waals surface area contributed by atoms with E-state index < -0.39 is 0 Å². The van der Waals surface area contributed by atoms with Crippen LogP contribution >= 0.6 is 12.1 Å². The molecule has 1 aliphatic rings. The minimum absolute atomic E-state index is 1.23. The highest BCUT2D eigenvalue weighted by Crippen LogP contribution is 2.37. The molecule has 0 amide bonds. The monoisotopic (exact) mass is 166 g/mol. The first-order valence-corrected chi connectivity index (χ1v) is 4.39. The molecule has 2 rings (SSSR count). The summed E-state index contributed by atoms with van der Waals surface area (Å²) in [4.78, 5) is 0. The Hall–Kier alpha value is -0.830. The van der Waals surface area contributed by atoms with Gasteiger partial charge in [0.2, 0.25) is 0 Å². The number of aryl methyl sites for hydroxylation is 2. The largest absolute Gasteiger partial charge is 0.310 e. The molecule has 0 atom stereocenters. The molecule has 0 aromatic heterocycles. The van der Waals surface area contributed by atoms with Gasteiger partial charge in [0, 0.05) is 0 Å². The first-order chi connectivity index (χ1) is 5.29. The zero-order chi connectivity index (χ0) is 7.84. The predicted molar refractivity (Wildman–Crippen MR) is 50.8 cm³/mol. The second-order valence-corrected chi connectivity index (χ2v) is 3.37. The van der Waals surface area contributed by atoms with E-state index in [1.165, 1.54) is 34.6 Å². The maximum Gasteiger partial charge on any atom is 0.0729 e. The van der Waals surface area contributed by atoms with E-state index in [4.69, 9.17) is 0 Å². The molecule has 1 heterocycles. The highest BCUT2D eigenvalue weighted by Gasteiger charge is 2.13. The molecule has 0 bridgehead atoms. The van der Waals surface area contributed by atoms with E-state index in [1.54, 1.807) is 0 Å². The molecule has 0 aliphatic carbocycles. The van der Waals surface area contributed by atoms with Gasteiger partial charge in [-0.2, -0.15) is 0 Å². The van der Waals surface area contributed by atoms with E-state index in [9.17, 15) is 0 Å². The number of anilines is 2. The van der Waals surface area contributed by atoms with E-state index in [0.717, 1.165) is 0 Å². The Morgan fingerprint density at radius 2 is 1.45 bits per heavy atom. The standard InChI is InChI=1S/C8H10N2S/c1-5-3-4-6(2)8-7(5)9-11-10-8/h3-4,9-10H,1-2H3. The fourth-order valence-electron chi connectivity index (χ4n) is 1.20. The molecule has 1 aromatic carbocycles. The van der Waals surface area contributed by atoms with E-state index >= 15 is 0 Å². The van der Waals surface area contributed by atoms with Gasteiger partial charge < -0.3 is 9.44 Å². The third kappa shape index (κ3) is 0.959. The van der Waals surface area contributed by atoms with Gasteiger partial charge in [-0.15, -0.1) is 0 Å². The Kier molecular flexibility index (Phi) is 1.46.